The molecule has 0 aromatic carbocycles. The first-order valence-electron chi connectivity index (χ1n) is 9.41. The lowest BCUT2D eigenvalue weighted by Crippen LogP contribution is -2.56. The van der Waals surface area contributed by atoms with Crippen LogP contribution in [0.15, 0.2) is 48.9 Å². The fraction of sp³-hybridized carbons (Fsp3) is 0.333. The minimum absolute atomic E-state index is 0.0748. The van der Waals surface area contributed by atoms with Gasteiger partial charge in [-0.25, -0.2) is 4.98 Å². The summed E-state index contributed by atoms with van der Waals surface area (Å²) in [7, 11) is 1.81. The summed E-state index contributed by atoms with van der Waals surface area (Å²) >= 11 is 0. The number of amides is 2. The molecule has 0 bridgehead atoms. The van der Waals surface area contributed by atoms with Gasteiger partial charge in [0.2, 0.25) is 5.91 Å². The third kappa shape index (κ3) is 3.47. The molecule has 1 aliphatic heterocycles. The zero-order valence-electron chi connectivity index (χ0n) is 16.1. The van der Waals surface area contributed by atoms with Gasteiger partial charge in [0.15, 0.2) is 0 Å². The number of aryl methyl sites for hydroxylation is 1. The van der Waals surface area contributed by atoms with E-state index in [9.17, 15) is 9.59 Å². The van der Waals surface area contributed by atoms with Crippen LogP contribution in [0.3, 0.4) is 0 Å². The molecule has 1 saturated heterocycles. The molecular formula is C21H23N5O2. The Labute approximate surface area is 163 Å². The third-order valence-corrected chi connectivity index (χ3v) is 5.22. The highest BCUT2D eigenvalue weighted by atomic mass is 16.2. The van der Waals surface area contributed by atoms with Crippen LogP contribution in [0, 0.1) is 12.8 Å². The van der Waals surface area contributed by atoms with Crippen LogP contribution in [0.1, 0.15) is 21.7 Å². The Balaban J connectivity index is 1.32. The molecule has 0 saturated carbocycles. The van der Waals surface area contributed by atoms with Crippen molar-refractivity contribution in [2.75, 3.05) is 26.7 Å². The third-order valence-electron chi connectivity index (χ3n) is 5.22. The standard InChI is InChI=1S/C21H23N5O2/c1-15-6-5-10-25-14-18(23-19(15)25)21(28)26-12-16(13-26)20(27)24(2)11-8-17-7-3-4-9-22-17/h3-7,9-10,14,16H,8,11-13H2,1-2H3. The second-order valence-electron chi connectivity index (χ2n) is 7.29. The maximum Gasteiger partial charge on any atom is 0.274 e. The molecule has 28 heavy (non-hydrogen) atoms. The van der Waals surface area contributed by atoms with E-state index >= 15 is 0 Å². The second kappa shape index (κ2) is 7.42. The molecule has 3 aromatic heterocycles. The highest BCUT2D eigenvalue weighted by Crippen LogP contribution is 2.21. The second-order valence-corrected chi connectivity index (χ2v) is 7.29. The van der Waals surface area contributed by atoms with Crippen molar-refractivity contribution in [1.29, 1.82) is 0 Å². The Morgan fingerprint density at radius 2 is 2.04 bits per heavy atom. The molecule has 0 unspecified atom stereocenters. The number of fused-ring (bicyclic) bond motifs is 1. The minimum atomic E-state index is -0.142. The van der Waals surface area contributed by atoms with Crippen LogP contribution >= 0.6 is 0 Å². The summed E-state index contributed by atoms with van der Waals surface area (Å²) in [5.41, 5.74) is 3.19. The lowest BCUT2D eigenvalue weighted by Gasteiger charge is -2.39. The molecule has 4 heterocycles. The van der Waals surface area contributed by atoms with E-state index in [1.54, 1.807) is 29.2 Å². The summed E-state index contributed by atoms with van der Waals surface area (Å²) in [6.45, 7) is 3.47. The fourth-order valence-corrected chi connectivity index (χ4v) is 3.47. The summed E-state index contributed by atoms with van der Waals surface area (Å²) in [5.74, 6) is -0.189. The predicted molar refractivity (Wildman–Crippen MR) is 105 cm³/mol. The van der Waals surface area contributed by atoms with Gasteiger partial charge in [0.1, 0.15) is 11.3 Å². The number of carbonyl (C=O) groups is 2. The molecule has 144 valence electrons. The molecule has 2 amide bonds. The Morgan fingerprint density at radius 3 is 2.75 bits per heavy atom. The molecule has 1 fully saturated rings. The van der Waals surface area contributed by atoms with Gasteiger partial charge in [-0.05, 0) is 30.7 Å². The highest BCUT2D eigenvalue weighted by molar-refractivity contribution is 5.95. The molecule has 7 nitrogen and oxygen atoms in total. The first-order valence-corrected chi connectivity index (χ1v) is 9.41. The summed E-state index contributed by atoms with van der Waals surface area (Å²) in [5, 5.41) is 0. The molecule has 1 aliphatic rings. The van der Waals surface area contributed by atoms with Gasteiger partial charge in [0, 0.05) is 57.4 Å². The molecule has 0 N–H and O–H groups in total. The van der Waals surface area contributed by atoms with Crippen LogP contribution in [0.5, 0.6) is 0 Å². The number of likely N-dealkylation sites (tertiary alicyclic amines) is 1. The first kappa shape index (κ1) is 18.2. The zero-order valence-corrected chi connectivity index (χ0v) is 16.1. The van der Waals surface area contributed by atoms with Crippen molar-refractivity contribution in [3.63, 3.8) is 0 Å². The van der Waals surface area contributed by atoms with Crippen LogP contribution in [-0.4, -0.2) is 62.7 Å². The van der Waals surface area contributed by atoms with Crippen LogP contribution in [0.25, 0.3) is 5.65 Å². The minimum Gasteiger partial charge on any atom is -0.345 e. The van der Waals surface area contributed by atoms with Crippen LogP contribution < -0.4 is 0 Å². The van der Waals surface area contributed by atoms with E-state index < -0.39 is 0 Å². The molecule has 4 rings (SSSR count). The summed E-state index contributed by atoms with van der Waals surface area (Å²) in [6, 6.07) is 9.68. The largest absolute Gasteiger partial charge is 0.345 e. The SMILES string of the molecule is Cc1cccn2cc(C(=O)N3CC(C(=O)N(C)CCc4ccccn4)C3)nc12. The summed E-state index contributed by atoms with van der Waals surface area (Å²) < 4.78 is 1.86. The Kier molecular flexibility index (Phi) is 4.81. The number of hydrogen-bond donors (Lipinski definition) is 0. The van der Waals surface area contributed by atoms with Gasteiger partial charge in [0.05, 0.1) is 5.92 Å². The van der Waals surface area contributed by atoms with E-state index in [2.05, 4.69) is 9.97 Å². The highest BCUT2D eigenvalue weighted by Gasteiger charge is 2.38. The average molecular weight is 377 g/mol. The normalized spacial score (nSPS) is 14.1. The van der Waals surface area contributed by atoms with Crippen molar-refractivity contribution in [3.8, 4) is 0 Å². The van der Waals surface area contributed by atoms with Crippen LogP contribution in [-0.2, 0) is 11.2 Å². The predicted octanol–water partition coefficient (Wildman–Crippen LogP) is 1.81. The van der Waals surface area contributed by atoms with Gasteiger partial charge in [-0.15, -0.1) is 0 Å². The Bertz CT molecular complexity index is 1010. The molecule has 7 heteroatoms. The fourth-order valence-electron chi connectivity index (χ4n) is 3.47. The van der Waals surface area contributed by atoms with Crippen molar-refractivity contribution in [2.24, 2.45) is 5.92 Å². The van der Waals surface area contributed by atoms with Gasteiger partial charge >= 0.3 is 0 Å². The summed E-state index contributed by atoms with van der Waals surface area (Å²) in [4.78, 5) is 37.4. The first-order chi connectivity index (χ1) is 13.5. The molecule has 3 aromatic rings. The van der Waals surface area contributed by atoms with E-state index in [4.69, 9.17) is 0 Å². The number of imidazole rings is 1. The van der Waals surface area contributed by atoms with E-state index in [1.165, 1.54) is 0 Å². The number of hydrogen-bond acceptors (Lipinski definition) is 4. The number of likely N-dealkylation sites (N-methyl/N-ethyl adjacent to an activating group) is 1. The maximum absolute atomic E-state index is 12.7. The summed E-state index contributed by atoms with van der Waals surface area (Å²) in [6.07, 6.45) is 6.11. The van der Waals surface area contributed by atoms with E-state index in [-0.39, 0.29) is 17.7 Å². The van der Waals surface area contributed by atoms with Crippen molar-refractivity contribution < 1.29 is 9.59 Å². The van der Waals surface area contributed by atoms with Crippen molar-refractivity contribution >= 4 is 17.5 Å². The molecule has 0 radical (unpaired) electrons. The maximum atomic E-state index is 12.7. The monoisotopic (exact) mass is 377 g/mol. The number of aromatic nitrogens is 3. The molecule has 0 aliphatic carbocycles. The Morgan fingerprint density at radius 1 is 1.21 bits per heavy atom. The van der Waals surface area contributed by atoms with E-state index in [1.807, 2.05) is 47.9 Å². The topological polar surface area (TPSA) is 70.8 Å². The smallest absolute Gasteiger partial charge is 0.274 e. The molecule has 0 atom stereocenters. The van der Waals surface area contributed by atoms with Gasteiger partial charge in [-0.1, -0.05) is 12.1 Å². The quantitative estimate of drug-likeness (QED) is 0.680. The zero-order chi connectivity index (χ0) is 19.7. The molecular weight excluding hydrogens is 354 g/mol. The van der Waals surface area contributed by atoms with E-state index in [0.29, 0.717) is 25.3 Å². The van der Waals surface area contributed by atoms with Crippen molar-refractivity contribution in [3.05, 3.63) is 65.9 Å². The lowest BCUT2D eigenvalue weighted by molar-refractivity contribution is -0.138. The van der Waals surface area contributed by atoms with Crippen LogP contribution in [0.4, 0.5) is 0 Å². The van der Waals surface area contributed by atoms with Gasteiger partial charge in [0.25, 0.3) is 5.91 Å². The average Bonchev–Trinajstić information content (AvgIpc) is 3.11. The van der Waals surface area contributed by atoms with Crippen molar-refractivity contribution in [1.82, 2.24) is 24.2 Å². The van der Waals surface area contributed by atoms with Crippen molar-refractivity contribution in [2.45, 2.75) is 13.3 Å². The molecule has 0 spiro atoms. The van der Waals surface area contributed by atoms with Gasteiger partial charge in [-0.3, -0.25) is 14.6 Å². The Hall–Kier alpha value is -3.22. The number of rotatable bonds is 5. The lowest BCUT2D eigenvalue weighted by atomic mass is 9.98. The number of nitrogens with zero attached hydrogens (tertiary/aromatic N) is 5. The number of pyridine rings is 2. The van der Waals surface area contributed by atoms with E-state index in [0.717, 1.165) is 23.3 Å². The number of carbonyl (C=O) groups excluding carboxylic acids is 2. The van der Waals surface area contributed by atoms with Crippen LogP contribution in [0.2, 0.25) is 0 Å². The van der Waals surface area contributed by atoms with Gasteiger partial charge in [-0.2, -0.15) is 0 Å². The van der Waals surface area contributed by atoms with Gasteiger partial charge < -0.3 is 14.2 Å².